The molecule has 0 unspecified atom stereocenters. The van der Waals surface area contributed by atoms with Gasteiger partial charge >= 0.3 is 0 Å². The molecule has 1 aromatic rings. The molecule has 1 rings (SSSR count). The van der Waals surface area contributed by atoms with E-state index in [1.807, 2.05) is 11.8 Å². The summed E-state index contributed by atoms with van der Waals surface area (Å²) in [7, 11) is 0. The highest BCUT2D eigenvalue weighted by Gasteiger charge is 1.99. The number of benzene rings is 1. The van der Waals surface area contributed by atoms with E-state index in [1.54, 1.807) is 0 Å². The van der Waals surface area contributed by atoms with Gasteiger partial charge in [-0.15, -0.1) is 23.4 Å². The Bertz CT molecular complexity index is 310. The molecule has 0 radical (unpaired) electrons. The second kappa shape index (κ2) is 8.03. The summed E-state index contributed by atoms with van der Waals surface area (Å²) in [6, 6.07) is 6.68. The zero-order chi connectivity index (χ0) is 11.8. The molecule has 0 saturated heterocycles. The first-order chi connectivity index (χ1) is 7.74. The average Bonchev–Trinajstić information content (AvgIpc) is 2.28. The monoisotopic (exact) mass is 256 g/mol. The molecule has 0 bridgehead atoms. The van der Waals surface area contributed by atoms with Crippen LogP contribution in [0.3, 0.4) is 0 Å². The van der Waals surface area contributed by atoms with Crippen LogP contribution < -0.4 is 0 Å². The van der Waals surface area contributed by atoms with Gasteiger partial charge in [-0.05, 0) is 44.1 Å². The van der Waals surface area contributed by atoms with E-state index in [4.69, 9.17) is 11.6 Å². The van der Waals surface area contributed by atoms with Crippen molar-refractivity contribution in [2.24, 2.45) is 0 Å². The fourth-order valence-corrected chi connectivity index (χ4v) is 2.92. The van der Waals surface area contributed by atoms with Gasteiger partial charge in [-0.25, -0.2) is 0 Å². The third kappa shape index (κ3) is 5.27. The molecule has 0 saturated carbocycles. The third-order valence-corrected chi connectivity index (χ3v) is 4.14. The molecular weight excluding hydrogens is 236 g/mol. The molecule has 0 aliphatic carbocycles. The predicted octanol–water partition coefficient (Wildman–Crippen LogP) is 5.19. The molecule has 0 nitrogen and oxygen atoms in total. The Morgan fingerprint density at radius 2 is 1.81 bits per heavy atom. The van der Waals surface area contributed by atoms with Crippen molar-refractivity contribution in [1.29, 1.82) is 0 Å². The zero-order valence-corrected chi connectivity index (χ0v) is 11.8. The molecule has 0 N–H and O–H groups in total. The van der Waals surface area contributed by atoms with Crippen molar-refractivity contribution >= 4 is 23.4 Å². The van der Waals surface area contributed by atoms with Crippen molar-refractivity contribution in [3.63, 3.8) is 0 Å². The Hall–Kier alpha value is -0.140. The van der Waals surface area contributed by atoms with Crippen molar-refractivity contribution in [2.45, 2.75) is 44.4 Å². The molecule has 16 heavy (non-hydrogen) atoms. The largest absolute Gasteiger partial charge is 0.127 e. The van der Waals surface area contributed by atoms with Crippen LogP contribution in [0, 0.1) is 13.8 Å². The van der Waals surface area contributed by atoms with Gasteiger partial charge < -0.3 is 0 Å². The number of halogens is 1. The van der Waals surface area contributed by atoms with Crippen LogP contribution >= 0.6 is 23.4 Å². The van der Waals surface area contributed by atoms with E-state index < -0.39 is 0 Å². The van der Waals surface area contributed by atoms with Crippen LogP contribution in [-0.2, 0) is 0 Å². The van der Waals surface area contributed by atoms with Gasteiger partial charge in [0.15, 0.2) is 0 Å². The molecule has 0 spiro atoms. The second-order valence-corrected chi connectivity index (χ2v) is 5.74. The van der Waals surface area contributed by atoms with Crippen molar-refractivity contribution in [2.75, 3.05) is 11.6 Å². The lowest BCUT2D eigenvalue weighted by Crippen LogP contribution is -1.86. The molecule has 1 aromatic carbocycles. The molecule has 0 fully saturated rings. The normalized spacial score (nSPS) is 10.7. The highest BCUT2D eigenvalue weighted by atomic mass is 35.5. The SMILES string of the molecule is Cc1ccc(C)c(SCCCCCCCl)c1. The maximum atomic E-state index is 5.64. The molecule has 0 atom stereocenters. The van der Waals surface area contributed by atoms with Crippen molar-refractivity contribution in [3.05, 3.63) is 29.3 Å². The topological polar surface area (TPSA) is 0 Å². The van der Waals surface area contributed by atoms with Crippen LogP contribution in [0.25, 0.3) is 0 Å². The minimum absolute atomic E-state index is 0.810. The van der Waals surface area contributed by atoms with Crippen LogP contribution in [0.4, 0.5) is 0 Å². The summed E-state index contributed by atoms with van der Waals surface area (Å²) in [6.45, 7) is 4.35. The van der Waals surface area contributed by atoms with Gasteiger partial charge in [-0.2, -0.15) is 0 Å². The molecular formula is C14H21ClS. The minimum atomic E-state index is 0.810. The van der Waals surface area contributed by atoms with Gasteiger partial charge in [0.25, 0.3) is 0 Å². The van der Waals surface area contributed by atoms with E-state index >= 15 is 0 Å². The number of thioether (sulfide) groups is 1. The van der Waals surface area contributed by atoms with Crippen LogP contribution in [0.1, 0.15) is 36.8 Å². The fraction of sp³-hybridized carbons (Fsp3) is 0.571. The smallest absolute Gasteiger partial charge is 0.0223 e. The number of alkyl halides is 1. The molecule has 0 aliphatic rings. The van der Waals surface area contributed by atoms with Crippen LogP contribution in [0.15, 0.2) is 23.1 Å². The Labute approximate surface area is 109 Å². The van der Waals surface area contributed by atoms with E-state index in [1.165, 1.54) is 41.0 Å². The number of hydrogen-bond acceptors (Lipinski definition) is 1. The van der Waals surface area contributed by atoms with Gasteiger partial charge in [0.2, 0.25) is 0 Å². The minimum Gasteiger partial charge on any atom is -0.127 e. The number of hydrogen-bond donors (Lipinski definition) is 0. The Morgan fingerprint density at radius 1 is 1.06 bits per heavy atom. The second-order valence-electron chi connectivity index (χ2n) is 4.22. The summed E-state index contributed by atoms with van der Waals surface area (Å²) >= 11 is 7.63. The molecule has 2 heteroatoms. The Morgan fingerprint density at radius 3 is 2.56 bits per heavy atom. The van der Waals surface area contributed by atoms with E-state index in [-0.39, 0.29) is 0 Å². The van der Waals surface area contributed by atoms with E-state index in [0.29, 0.717) is 0 Å². The highest BCUT2D eigenvalue weighted by molar-refractivity contribution is 7.99. The summed E-state index contributed by atoms with van der Waals surface area (Å²) < 4.78 is 0. The molecule has 0 amide bonds. The van der Waals surface area contributed by atoms with Gasteiger partial charge in [-0.3, -0.25) is 0 Å². The Kier molecular flexibility index (Phi) is 6.98. The van der Waals surface area contributed by atoms with Gasteiger partial charge in [-0.1, -0.05) is 30.5 Å². The van der Waals surface area contributed by atoms with Crippen LogP contribution in [0.5, 0.6) is 0 Å². The highest BCUT2D eigenvalue weighted by Crippen LogP contribution is 2.24. The standard InChI is InChI=1S/C14H21ClS/c1-12-7-8-13(2)14(11-12)16-10-6-4-3-5-9-15/h7-8,11H,3-6,9-10H2,1-2H3. The first-order valence-electron chi connectivity index (χ1n) is 6.00. The summed E-state index contributed by atoms with van der Waals surface area (Å²) in [5.74, 6) is 2.04. The Balaban J connectivity index is 2.23. The predicted molar refractivity (Wildman–Crippen MR) is 75.8 cm³/mol. The van der Waals surface area contributed by atoms with Gasteiger partial charge in [0.05, 0.1) is 0 Å². The molecule has 0 aliphatic heterocycles. The van der Waals surface area contributed by atoms with E-state index in [9.17, 15) is 0 Å². The molecule has 90 valence electrons. The first-order valence-corrected chi connectivity index (χ1v) is 7.52. The summed E-state index contributed by atoms with van der Waals surface area (Å²) in [6.07, 6.45) is 5.05. The zero-order valence-electron chi connectivity index (χ0n) is 10.3. The number of aryl methyl sites for hydroxylation is 2. The van der Waals surface area contributed by atoms with Gasteiger partial charge in [0.1, 0.15) is 0 Å². The van der Waals surface area contributed by atoms with Crippen LogP contribution in [-0.4, -0.2) is 11.6 Å². The first kappa shape index (κ1) is 13.9. The molecule has 0 aromatic heterocycles. The van der Waals surface area contributed by atoms with E-state index in [0.717, 1.165) is 12.3 Å². The van der Waals surface area contributed by atoms with Gasteiger partial charge in [0, 0.05) is 10.8 Å². The quantitative estimate of drug-likeness (QED) is 0.367. The number of rotatable bonds is 7. The average molecular weight is 257 g/mol. The molecule has 0 heterocycles. The van der Waals surface area contributed by atoms with Crippen molar-refractivity contribution < 1.29 is 0 Å². The maximum absolute atomic E-state index is 5.64. The van der Waals surface area contributed by atoms with Crippen LogP contribution in [0.2, 0.25) is 0 Å². The van der Waals surface area contributed by atoms with E-state index in [2.05, 4.69) is 32.0 Å². The number of unbranched alkanes of at least 4 members (excludes halogenated alkanes) is 3. The summed E-state index contributed by atoms with van der Waals surface area (Å²) in [5, 5.41) is 0. The third-order valence-electron chi connectivity index (χ3n) is 2.63. The fourth-order valence-electron chi connectivity index (χ4n) is 1.60. The lowest BCUT2D eigenvalue weighted by molar-refractivity contribution is 0.709. The van der Waals surface area contributed by atoms with Crippen molar-refractivity contribution in [3.8, 4) is 0 Å². The lowest BCUT2D eigenvalue weighted by Gasteiger charge is -2.06. The summed E-state index contributed by atoms with van der Waals surface area (Å²) in [4.78, 5) is 1.44. The maximum Gasteiger partial charge on any atom is 0.0223 e. The van der Waals surface area contributed by atoms with Crippen molar-refractivity contribution in [1.82, 2.24) is 0 Å². The summed E-state index contributed by atoms with van der Waals surface area (Å²) in [5.41, 5.74) is 2.76. The lowest BCUT2D eigenvalue weighted by atomic mass is 10.2.